The summed E-state index contributed by atoms with van der Waals surface area (Å²) in [6.07, 6.45) is 0. The van der Waals surface area contributed by atoms with Crippen LogP contribution in [0.1, 0.15) is 0 Å². The van der Waals surface area contributed by atoms with E-state index in [1.165, 1.54) is 60.4 Å². The summed E-state index contributed by atoms with van der Waals surface area (Å²) < 4.78 is 0. The summed E-state index contributed by atoms with van der Waals surface area (Å²) in [6, 6.07) is 74.2. The maximum atomic E-state index is 5.53. The van der Waals surface area contributed by atoms with Gasteiger partial charge in [-0.05, 0) is 102 Å². The molecule has 9 aromatic rings. The van der Waals surface area contributed by atoms with Crippen molar-refractivity contribution in [3.63, 3.8) is 0 Å². The Morgan fingerprint density at radius 2 is 0.632 bits per heavy atom. The molecule has 3 heteroatoms. The Bertz CT molecular complexity index is 2930. The highest BCUT2D eigenvalue weighted by molar-refractivity contribution is 7.04. The highest BCUT2D eigenvalue weighted by Crippen LogP contribution is 2.37. The molecule has 0 N–H and O–H groups in total. The summed E-state index contributed by atoms with van der Waals surface area (Å²) in [5.74, 6) is 0.746. The first-order valence-electron chi connectivity index (χ1n) is 19.6. The van der Waals surface area contributed by atoms with Crippen molar-refractivity contribution in [2.24, 2.45) is 0 Å². The van der Waals surface area contributed by atoms with Crippen LogP contribution in [0.25, 0.3) is 89.5 Å². The van der Waals surface area contributed by atoms with Crippen LogP contribution in [-0.4, -0.2) is 18.0 Å². The fourth-order valence-corrected chi connectivity index (χ4v) is 11.8. The van der Waals surface area contributed by atoms with Gasteiger partial charge >= 0.3 is 0 Å². The molecule has 2 nitrogen and oxygen atoms in total. The maximum absolute atomic E-state index is 5.53. The maximum Gasteiger partial charge on any atom is 0.160 e. The van der Waals surface area contributed by atoms with Gasteiger partial charge in [-0.1, -0.05) is 189 Å². The van der Waals surface area contributed by atoms with Crippen molar-refractivity contribution in [2.45, 2.75) is 13.1 Å². The molecular formula is C54H40N2Si. The quantitative estimate of drug-likeness (QED) is 0.152. The highest BCUT2D eigenvalue weighted by Gasteiger charge is 2.41. The van der Waals surface area contributed by atoms with Gasteiger partial charge in [0, 0.05) is 11.1 Å². The Labute approximate surface area is 335 Å². The second-order valence-electron chi connectivity index (χ2n) is 15.4. The molecule has 57 heavy (non-hydrogen) atoms. The van der Waals surface area contributed by atoms with Crippen LogP contribution in [0.5, 0.6) is 0 Å². The van der Waals surface area contributed by atoms with E-state index >= 15 is 0 Å². The Kier molecular flexibility index (Phi) is 8.66. The zero-order valence-corrected chi connectivity index (χ0v) is 33.0. The molecule has 1 aliphatic rings. The SMILES string of the molecule is C[Si]1(C)c2ccccc2-c2nc(-c3cccc(-c4cccc(-c5cccc(-c6ccccc6)c5)c4)c3)nc(-c3cccc(-c4cccc(-c5ccccc5)c4)c3)c21. The molecule has 0 bridgehead atoms. The Balaban J connectivity index is 1.07. The minimum Gasteiger partial charge on any atom is -0.228 e. The lowest BCUT2D eigenvalue weighted by Crippen LogP contribution is -2.50. The van der Waals surface area contributed by atoms with Crippen molar-refractivity contribution in [2.75, 3.05) is 0 Å². The van der Waals surface area contributed by atoms with Crippen LogP contribution in [0.4, 0.5) is 0 Å². The molecule has 0 saturated heterocycles. The zero-order valence-electron chi connectivity index (χ0n) is 32.0. The molecule has 1 aliphatic heterocycles. The van der Waals surface area contributed by atoms with E-state index in [1.54, 1.807) is 0 Å². The van der Waals surface area contributed by atoms with Crippen molar-refractivity contribution in [3.8, 4) is 89.5 Å². The van der Waals surface area contributed by atoms with E-state index in [-0.39, 0.29) is 0 Å². The van der Waals surface area contributed by atoms with Crippen LogP contribution in [-0.2, 0) is 0 Å². The number of hydrogen-bond donors (Lipinski definition) is 0. The first-order chi connectivity index (χ1) is 28.0. The van der Waals surface area contributed by atoms with E-state index in [1.807, 2.05) is 0 Å². The van der Waals surface area contributed by atoms with E-state index in [4.69, 9.17) is 9.97 Å². The van der Waals surface area contributed by atoms with Crippen LogP contribution in [0.15, 0.2) is 206 Å². The Hall–Kier alpha value is -6.94. The Morgan fingerprint density at radius 3 is 1.12 bits per heavy atom. The molecule has 0 fully saturated rings. The number of hydrogen-bond acceptors (Lipinski definition) is 2. The molecule has 8 aromatic carbocycles. The second kappa shape index (κ2) is 14.3. The predicted octanol–water partition coefficient (Wildman–Crippen LogP) is 12.9. The minimum absolute atomic E-state index is 0.746. The van der Waals surface area contributed by atoms with E-state index in [9.17, 15) is 0 Å². The van der Waals surface area contributed by atoms with E-state index in [2.05, 4.69) is 219 Å². The Morgan fingerprint density at radius 1 is 0.298 bits per heavy atom. The predicted molar refractivity (Wildman–Crippen MR) is 242 cm³/mol. The van der Waals surface area contributed by atoms with Gasteiger partial charge in [-0.2, -0.15) is 0 Å². The van der Waals surface area contributed by atoms with Gasteiger partial charge in [0.25, 0.3) is 0 Å². The summed E-state index contributed by atoms with van der Waals surface area (Å²) in [6.45, 7) is 4.89. The van der Waals surface area contributed by atoms with Crippen molar-refractivity contribution in [1.29, 1.82) is 0 Å². The molecule has 0 atom stereocenters. The third-order valence-corrected chi connectivity index (χ3v) is 15.0. The van der Waals surface area contributed by atoms with Crippen molar-refractivity contribution < 1.29 is 0 Å². The molecule has 0 saturated carbocycles. The highest BCUT2D eigenvalue weighted by atomic mass is 28.3. The van der Waals surface area contributed by atoms with Gasteiger partial charge in [0.2, 0.25) is 0 Å². The van der Waals surface area contributed by atoms with Crippen molar-refractivity contribution in [3.05, 3.63) is 206 Å². The standard InChI is InChI=1S/C54H40N2Si/c1-57(2)50-31-10-9-30-49(50)52-53(57)51(47-28-14-26-45(35-47)42-23-12-21-40(33-42)38-18-7-4-8-19-38)55-54(56-52)48-29-15-27-46(36-48)44-25-13-24-43(34-44)41-22-11-20-39(32-41)37-16-5-3-6-17-37/h3-36H,1-2H3. The van der Waals surface area contributed by atoms with E-state index in [0.717, 1.165) is 39.5 Å². The molecule has 1 aromatic heterocycles. The van der Waals surface area contributed by atoms with Crippen LogP contribution in [0.3, 0.4) is 0 Å². The third kappa shape index (κ3) is 6.42. The van der Waals surface area contributed by atoms with E-state index < -0.39 is 8.07 Å². The van der Waals surface area contributed by atoms with Crippen molar-refractivity contribution in [1.82, 2.24) is 9.97 Å². The van der Waals surface area contributed by atoms with Gasteiger partial charge in [-0.25, -0.2) is 9.97 Å². The molecule has 2 heterocycles. The molecule has 270 valence electrons. The van der Waals surface area contributed by atoms with Gasteiger partial charge < -0.3 is 0 Å². The van der Waals surface area contributed by atoms with Crippen LogP contribution in [0, 0.1) is 0 Å². The fraction of sp³-hybridized carbons (Fsp3) is 0.0370. The number of nitrogens with zero attached hydrogens (tertiary/aromatic N) is 2. The third-order valence-electron chi connectivity index (χ3n) is 11.4. The lowest BCUT2D eigenvalue weighted by Gasteiger charge is -2.22. The first kappa shape index (κ1) is 34.5. The average molecular weight is 745 g/mol. The lowest BCUT2D eigenvalue weighted by atomic mass is 9.95. The number of rotatable bonds is 7. The molecule has 0 spiro atoms. The molecular weight excluding hydrogens is 705 g/mol. The molecule has 0 amide bonds. The molecule has 0 unspecified atom stereocenters. The first-order valence-corrected chi connectivity index (χ1v) is 22.6. The molecule has 0 radical (unpaired) electrons. The van der Waals surface area contributed by atoms with Gasteiger partial charge in [-0.3, -0.25) is 0 Å². The van der Waals surface area contributed by atoms with Crippen LogP contribution >= 0.6 is 0 Å². The number of benzene rings is 8. The summed E-state index contributed by atoms with van der Waals surface area (Å²) in [5, 5.41) is 2.73. The van der Waals surface area contributed by atoms with Gasteiger partial charge in [0.15, 0.2) is 5.82 Å². The van der Waals surface area contributed by atoms with Gasteiger partial charge in [0.05, 0.1) is 11.4 Å². The molecule has 10 rings (SSSR count). The molecule has 0 aliphatic carbocycles. The number of aromatic nitrogens is 2. The van der Waals surface area contributed by atoms with Gasteiger partial charge in [-0.15, -0.1) is 0 Å². The second-order valence-corrected chi connectivity index (χ2v) is 19.7. The normalized spacial score (nSPS) is 12.5. The lowest BCUT2D eigenvalue weighted by molar-refractivity contribution is 1.20. The summed E-state index contributed by atoms with van der Waals surface area (Å²) in [5.41, 5.74) is 17.3. The van der Waals surface area contributed by atoms with Gasteiger partial charge in [0.1, 0.15) is 8.07 Å². The van der Waals surface area contributed by atoms with E-state index in [0.29, 0.717) is 0 Å². The largest absolute Gasteiger partial charge is 0.228 e. The fourth-order valence-electron chi connectivity index (χ4n) is 8.54. The monoisotopic (exact) mass is 744 g/mol. The average Bonchev–Trinajstić information content (AvgIpc) is 3.52. The summed E-state index contributed by atoms with van der Waals surface area (Å²) in [7, 11) is -2.14. The summed E-state index contributed by atoms with van der Waals surface area (Å²) >= 11 is 0. The smallest absolute Gasteiger partial charge is 0.160 e. The minimum atomic E-state index is -2.14. The number of fused-ring (bicyclic) bond motifs is 3. The van der Waals surface area contributed by atoms with Crippen LogP contribution in [0.2, 0.25) is 13.1 Å². The summed E-state index contributed by atoms with van der Waals surface area (Å²) in [4.78, 5) is 11.0. The topological polar surface area (TPSA) is 25.8 Å². The van der Waals surface area contributed by atoms with Crippen molar-refractivity contribution >= 4 is 18.4 Å². The van der Waals surface area contributed by atoms with Crippen LogP contribution < -0.4 is 10.4 Å². The zero-order chi connectivity index (χ0) is 38.3.